The van der Waals surface area contributed by atoms with Gasteiger partial charge in [-0.25, -0.2) is 13.1 Å². The van der Waals surface area contributed by atoms with Gasteiger partial charge in [-0.15, -0.1) is 0 Å². The van der Waals surface area contributed by atoms with E-state index in [9.17, 15) is 13.2 Å². The normalized spacial score (nSPS) is 15.7. The molecule has 0 heterocycles. The van der Waals surface area contributed by atoms with Crippen molar-refractivity contribution in [1.29, 1.82) is 0 Å². The maximum atomic E-state index is 12.9. The van der Waals surface area contributed by atoms with Crippen LogP contribution in [0.25, 0.3) is 10.8 Å². The molecule has 1 aliphatic carbocycles. The molecule has 0 spiro atoms. The monoisotopic (exact) mass is 445 g/mol. The van der Waals surface area contributed by atoms with Gasteiger partial charge < -0.3 is 4.74 Å². The second-order valence-electron chi connectivity index (χ2n) is 6.35. The highest BCUT2D eigenvalue weighted by Crippen LogP contribution is 2.45. The van der Waals surface area contributed by atoms with Crippen molar-refractivity contribution < 1.29 is 17.9 Å². The summed E-state index contributed by atoms with van der Waals surface area (Å²) < 4.78 is 34.2. The topological polar surface area (TPSA) is 72.5 Å². The van der Waals surface area contributed by atoms with E-state index in [1.807, 2.05) is 24.3 Å². The summed E-state index contributed by atoms with van der Waals surface area (Å²) in [4.78, 5) is 12.8. The molecule has 0 radical (unpaired) electrons. The first-order chi connectivity index (χ1) is 12.9. The quantitative estimate of drug-likeness (QED) is 0.663. The van der Waals surface area contributed by atoms with E-state index in [-0.39, 0.29) is 4.90 Å². The van der Waals surface area contributed by atoms with E-state index < -0.39 is 21.8 Å². The lowest BCUT2D eigenvalue weighted by Gasteiger charge is -2.31. The molecule has 0 bridgehead atoms. The van der Waals surface area contributed by atoms with Crippen molar-refractivity contribution in [2.45, 2.75) is 17.2 Å². The van der Waals surface area contributed by atoms with Crippen LogP contribution in [0.3, 0.4) is 0 Å². The number of sulfonamides is 1. The summed E-state index contributed by atoms with van der Waals surface area (Å²) in [6, 6.07) is 15.8. The Morgan fingerprint density at radius 1 is 1.11 bits per heavy atom. The number of carbonyl (C=O) groups excluding carboxylic acids is 1. The highest BCUT2D eigenvalue weighted by molar-refractivity contribution is 9.10. The average molecular weight is 446 g/mol. The molecule has 5 nitrogen and oxygen atoms in total. The van der Waals surface area contributed by atoms with Crippen LogP contribution in [0.4, 0.5) is 0 Å². The molecule has 1 N–H and O–H groups in total. The third-order valence-corrected chi connectivity index (χ3v) is 6.98. The van der Waals surface area contributed by atoms with Gasteiger partial charge in [0.15, 0.2) is 0 Å². The molecule has 1 atom stereocenters. The van der Waals surface area contributed by atoms with Crippen molar-refractivity contribution in [3.05, 3.63) is 70.2 Å². The van der Waals surface area contributed by atoms with Crippen molar-refractivity contribution in [2.75, 3.05) is 7.11 Å². The minimum atomic E-state index is -3.99. The number of rotatable bonds is 4. The predicted octanol–water partition coefficient (Wildman–Crippen LogP) is 3.76. The number of amides is 1. The van der Waals surface area contributed by atoms with Crippen molar-refractivity contribution in [1.82, 2.24) is 4.72 Å². The number of ether oxygens (including phenoxy) is 1. The van der Waals surface area contributed by atoms with Crippen molar-refractivity contribution in [2.24, 2.45) is 0 Å². The largest absolute Gasteiger partial charge is 0.496 e. The molecular weight excluding hydrogens is 430 g/mol. The molecule has 0 aliphatic heterocycles. The van der Waals surface area contributed by atoms with Gasteiger partial charge >= 0.3 is 0 Å². The van der Waals surface area contributed by atoms with Crippen LogP contribution in [-0.4, -0.2) is 21.4 Å². The predicted molar refractivity (Wildman–Crippen MR) is 106 cm³/mol. The van der Waals surface area contributed by atoms with Crippen LogP contribution in [0.5, 0.6) is 5.75 Å². The fourth-order valence-corrected chi connectivity index (χ4v) is 5.23. The first-order valence-electron chi connectivity index (χ1n) is 8.32. The van der Waals surface area contributed by atoms with E-state index in [0.29, 0.717) is 17.6 Å². The zero-order valence-corrected chi connectivity index (χ0v) is 16.8. The lowest BCUT2D eigenvalue weighted by molar-refractivity contribution is -0.121. The van der Waals surface area contributed by atoms with E-state index in [2.05, 4.69) is 20.7 Å². The second kappa shape index (κ2) is 6.65. The highest BCUT2D eigenvalue weighted by Gasteiger charge is 2.38. The van der Waals surface area contributed by atoms with Crippen LogP contribution in [-0.2, 0) is 21.2 Å². The molecule has 27 heavy (non-hydrogen) atoms. The van der Waals surface area contributed by atoms with Crippen LogP contribution in [0.15, 0.2) is 64.0 Å². The first kappa shape index (κ1) is 18.0. The van der Waals surface area contributed by atoms with Gasteiger partial charge in [0.05, 0.1) is 17.9 Å². The number of carbonyl (C=O) groups is 1. The third kappa shape index (κ3) is 3.00. The fourth-order valence-electron chi connectivity index (χ4n) is 3.47. The van der Waals surface area contributed by atoms with E-state index in [1.54, 1.807) is 24.3 Å². The summed E-state index contributed by atoms with van der Waals surface area (Å²) in [5, 5.41) is 1.38. The van der Waals surface area contributed by atoms with Crippen LogP contribution in [0.2, 0.25) is 0 Å². The molecule has 4 rings (SSSR count). The summed E-state index contributed by atoms with van der Waals surface area (Å²) in [5.74, 6) is -0.522. The molecule has 7 heteroatoms. The minimum absolute atomic E-state index is 0.0923. The second-order valence-corrected chi connectivity index (χ2v) is 8.85. The fraction of sp³-hybridized carbons (Fsp3) is 0.150. The summed E-state index contributed by atoms with van der Waals surface area (Å²) in [7, 11) is -2.46. The van der Waals surface area contributed by atoms with E-state index in [1.165, 1.54) is 13.2 Å². The number of nitrogens with one attached hydrogen (secondary N) is 1. The molecular formula is C20H16BrNO4S. The number of hydrogen-bond acceptors (Lipinski definition) is 4. The molecule has 1 unspecified atom stereocenters. The summed E-state index contributed by atoms with van der Waals surface area (Å²) in [5.41, 5.74) is 1.70. The number of fused-ring (bicyclic) bond motifs is 2. The highest BCUT2D eigenvalue weighted by atomic mass is 79.9. The Morgan fingerprint density at radius 2 is 1.85 bits per heavy atom. The number of halogens is 1. The maximum Gasteiger partial charge on any atom is 0.264 e. The molecule has 1 aliphatic rings. The molecule has 3 aromatic rings. The first-order valence-corrected chi connectivity index (χ1v) is 10.6. The Bertz CT molecular complexity index is 1170. The van der Waals surface area contributed by atoms with Gasteiger partial charge in [0, 0.05) is 15.4 Å². The van der Waals surface area contributed by atoms with E-state index in [0.717, 1.165) is 21.0 Å². The Hall–Kier alpha value is -2.38. The molecule has 3 aromatic carbocycles. The zero-order valence-electron chi connectivity index (χ0n) is 14.4. The summed E-state index contributed by atoms with van der Waals surface area (Å²) in [6.45, 7) is 0. The van der Waals surface area contributed by atoms with Crippen molar-refractivity contribution >= 4 is 42.6 Å². The summed E-state index contributed by atoms with van der Waals surface area (Å²) >= 11 is 3.46. The molecule has 0 saturated carbocycles. The lowest BCUT2D eigenvalue weighted by atomic mass is 9.76. The van der Waals surface area contributed by atoms with Crippen molar-refractivity contribution in [3.8, 4) is 5.75 Å². The van der Waals surface area contributed by atoms with Gasteiger partial charge in [-0.3, -0.25) is 4.79 Å². The Kier molecular flexibility index (Phi) is 4.44. The van der Waals surface area contributed by atoms with Gasteiger partial charge in [-0.1, -0.05) is 52.3 Å². The van der Waals surface area contributed by atoms with Gasteiger partial charge in [0.25, 0.3) is 10.0 Å². The Morgan fingerprint density at radius 3 is 2.63 bits per heavy atom. The Balaban J connectivity index is 1.66. The van der Waals surface area contributed by atoms with Gasteiger partial charge in [0.2, 0.25) is 5.91 Å². The van der Waals surface area contributed by atoms with Crippen LogP contribution >= 0.6 is 15.9 Å². The third-order valence-electron chi connectivity index (χ3n) is 4.83. The number of methoxy groups -OCH3 is 1. The van der Waals surface area contributed by atoms with Crippen LogP contribution in [0, 0.1) is 0 Å². The lowest BCUT2D eigenvalue weighted by Crippen LogP contribution is -2.39. The Labute approximate surface area is 165 Å². The minimum Gasteiger partial charge on any atom is -0.496 e. The molecule has 0 fully saturated rings. The molecule has 1 amide bonds. The number of hydrogen-bond donors (Lipinski definition) is 1. The number of benzene rings is 3. The molecule has 0 aromatic heterocycles. The molecule has 138 valence electrons. The van der Waals surface area contributed by atoms with Gasteiger partial charge in [0.1, 0.15) is 5.75 Å². The van der Waals surface area contributed by atoms with Crippen LogP contribution in [0.1, 0.15) is 17.0 Å². The van der Waals surface area contributed by atoms with Crippen molar-refractivity contribution in [3.63, 3.8) is 0 Å². The van der Waals surface area contributed by atoms with E-state index in [4.69, 9.17) is 4.74 Å². The molecule has 0 saturated heterocycles. The standard InChI is InChI=1S/C20H16BrNO4S/c1-26-17-10-9-16(21)14-11-15(19(14)17)20(23)22-27(24,25)18-8-4-6-12-5-2-3-7-13(12)18/h2-10,15H,11H2,1H3,(H,22,23). The summed E-state index contributed by atoms with van der Waals surface area (Å²) in [6.07, 6.45) is 0.462. The maximum absolute atomic E-state index is 12.9. The van der Waals surface area contributed by atoms with Gasteiger partial charge in [-0.05, 0) is 35.6 Å². The zero-order chi connectivity index (χ0) is 19.2. The van der Waals surface area contributed by atoms with Crippen LogP contribution < -0.4 is 9.46 Å². The SMILES string of the molecule is COc1ccc(Br)c2c1C(C(=O)NS(=O)(=O)c1cccc3ccccc13)C2. The smallest absolute Gasteiger partial charge is 0.264 e. The average Bonchev–Trinajstić information content (AvgIpc) is 2.62. The van der Waals surface area contributed by atoms with Gasteiger partial charge in [-0.2, -0.15) is 0 Å². The van der Waals surface area contributed by atoms with E-state index >= 15 is 0 Å².